The molecule has 1 heterocycles. The average Bonchev–Trinajstić information content (AvgIpc) is 2.55. The van der Waals surface area contributed by atoms with Crippen LogP contribution in [0.2, 0.25) is 0 Å². The van der Waals surface area contributed by atoms with Crippen molar-refractivity contribution in [3.05, 3.63) is 29.8 Å². The summed E-state index contributed by atoms with van der Waals surface area (Å²) in [5.74, 6) is 0. The van der Waals surface area contributed by atoms with Crippen LogP contribution in [0.4, 0.5) is 5.69 Å². The van der Waals surface area contributed by atoms with Crippen LogP contribution in [0.3, 0.4) is 0 Å². The largest absolute Gasteiger partial charge is 0.382 e. The first-order valence-electron chi connectivity index (χ1n) is 6.95. The molecule has 1 aromatic carbocycles. The summed E-state index contributed by atoms with van der Waals surface area (Å²) in [7, 11) is 0. The van der Waals surface area contributed by atoms with Gasteiger partial charge in [-0.3, -0.25) is 0 Å². The van der Waals surface area contributed by atoms with E-state index < -0.39 is 0 Å². The topological polar surface area (TPSA) is 24.5 Å². The third-order valence-corrected chi connectivity index (χ3v) is 3.39. The third-order valence-electron chi connectivity index (χ3n) is 3.39. The number of ether oxygens (including phenoxy) is 1. The van der Waals surface area contributed by atoms with Gasteiger partial charge in [0.25, 0.3) is 0 Å². The van der Waals surface area contributed by atoms with Crippen molar-refractivity contribution in [2.75, 3.05) is 31.2 Å². The maximum absolute atomic E-state index is 5.43. The molecule has 0 saturated carbocycles. The van der Waals surface area contributed by atoms with Crippen LogP contribution in [-0.2, 0) is 11.3 Å². The third kappa shape index (κ3) is 3.47. The molecule has 0 aliphatic carbocycles. The molecule has 1 aliphatic rings. The molecule has 0 fully saturated rings. The summed E-state index contributed by atoms with van der Waals surface area (Å²) in [6.45, 7) is 9.09. The predicted molar refractivity (Wildman–Crippen MR) is 76.1 cm³/mol. The van der Waals surface area contributed by atoms with Gasteiger partial charge >= 0.3 is 0 Å². The molecular weight excluding hydrogens is 224 g/mol. The SMILES string of the molecule is CCOCCCN1CC(C)NCc2ccccc21. The van der Waals surface area contributed by atoms with Crippen molar-refractivity contribution < 1.29 is 4.74 Å². The second-order valence-electron chi connectivity index (χ2n) is 4.91. The number of hydrogen-bond acceptors (Lipinski definition) is 3. The summed E-state index contributed by atoms with van der Waals surface area (Å²) in [6, 6.07) is 9.23. The molecule has 1 atom stereocenters. The summed E-state index contributed by atoms with van der Waals surface area (Å²) in [6.07, 6.45) is 1.09. The van der Waals surface area contributed by atoms with Crippen LogP contribution >= 0.6 is 0 Å². The van der Waals surface area contributed by atoms with Crippen LogP contribution in [0, 0.1) is 0 Å². The highest BCUT2D eigenvalue weighted by Crippen LogP contribution is 2.23. The highest BCUT2D eigenvalue weighted by Gasteiger charge is 2.17. The molecule has 0 aromatic heterocycles. The molecule has 0 amide bonds. The van der Waals surface area contributed by atoms with Gasteiger partial charge in [0.15, 0.2) is 0 Å². The Bertz CT molecular complexity index is 367. The second-order valence-corrected chi connectivity index (χ2v) is 4.91. The van der Waals surface area contributed by atoms with Crippen LogP contribution in [0.25, 0.3) is 0 Å². The Morgan fingerprint density at radius 1 is 1.39 bits per heavy atom. The van der Waals surface area contributed by atoms with Crippen molar-refractivity contribution in [2.45, 2.75) is 32.9 Å². The van der Waals surface area contributed by atoms with E-state index in [9.17, 15) is 0 Å². The Hall–Kier alpha value is -1.06. The van der Waals surface area contributed by atoms with E-state index in [2.05, 4.69) is 41.4 Å². The molecule has 18 heavy (non-hydrogen) atoms. The monoisotopic (exact) mass is 248 g/mol. The van der Waals surface area contributed by atoms with Gasteiger partial charge in [-0.2, -0.15) is 0 Å². The summed E-state index contributed by atoms with van der Waals surface area (Å²) in [4.78, 5) is 2.49. The molecule has 1 unspecified atom stereocenters. The number of anilines is 1. The predicted octanol–water partition coefficient (Wildman–Crippen LogP) is 2.41. The molecule has 1 N–H and O–H groups in total. The molecule has 0 radical (unpaired) electrons. The summed E-state index contributed by atoms with van der Waals surface area (Å²) in [5.41, 5.74) is 2.78. The Balaban J connectivity index is 2.02. The summed E-state index contributed by atoms with van der Waals surface area (Å²) < 4.78 is 5.43. The molecule has 2 rings (SSSR count). The molecule has 100 valence electrons. The lowest BCUT2D eigenvalue weighted by Gasteiger charge is -2.26. The van der Waals surface area contributed by atoms with E-state index in [0.717, 1.165) is 39.3 Å². The van der Waals surface area contributed by atoms with Crippen molar-refractivity contribution in [2.24, 2.45) is 0 Å². The lowest BCUT2D eigenvalue weighted by atomic mass is 10.1. The van der Waals surface area contributed by atoms with E-state index in [1.165, 1.54) is 11.3 Å². The van der Waals surface area contributed by atoms with E-state index >= 15 is 0 Å². The zero-order valence-electron chi connectivity index (χ0n) is 11.5. The fraction of sp³-hybridized carbons (Fsp3) is 0.600. The second kappa shape index (κ2) is 6.76. The Morgan fingerprint density at radius 2 is 2.22 bits per heavy atom. The van der Waals surface area contributed by atoms with Gasteiger partial charge in [-0.15, -0.1) is 0 Å². The Morgan fingerprint density at radius 3 is 3.06 bits per heavy atom. The van der Waals surface area contributed by atoms with Crippen molar-refractivity contribution in [1.82, 2.24) is 5.32 Å². The van der Waals surface area contributed by atoms with Crippen molar-refractivity contribution in [3.8, 4) is 0 Å². The fourth-order valence-electron chi connectivity index (χ4n) is 2.46. The number of benzene rings is 1. The quantitative estimate of drug-likeness (QED) is 0.810. The van der Waals surface area contributed by atoms with Gasteiger partial charge in [0, 0.05) is 44.6 Å². The lowest BCUT2D eigenvalue weighted by Crippen LogP contribution is -2.36. The molecule has 3 nitrogen and oxygen atoms in total. The van der Waals surface area contributed by atoms with Crippen LogP contribution in [0.5, 0.6) is 0 Å². The summed E-state index contributed by atoms with van der Waals surface area (Å²) >= 11 is 0. The molecular formula is C15H24N2O. The van der Waals surface area contributed by atoms with Gasteiger partial charge in [0.2, 0.25) is 0 Å². The van der Waals surface area contributed by atoms with Crippen LogP contribution in [0.1, 0.15) is 25.8 Å². The number of nitrogens with one attached hydrogen (secondary N) is 1. The highest BCUT2D eigenvalue weighted by atomic mass is 16.5. The Kier molecular flexibility index (Phi) is 5.02. The fourth-order valence-corrected chi connectivity index (χ4v) is 2.46. The molecule has 1 aromatic rings. The van der Waals surface area contributed by atoms with E-state index in [1.54, 1.807) is 0 Å². The van der Waals surface area contributed by atoms with Gasteiger partial charge in [0.05, 0.1) is 0 Å². The minimum Gasteiger partial charge on any atom is -0.382 e. The molecule has 3 heteroatoms. The zero-order chi connectivity index (χ0) is 12.8. The van der Waals surface area contributed by atoms with Crippen molar-refractivity contribution in [1.29, 1.82) is 0 Å². The van der Waals surface area contributed by atoms with E-state index in [1.807, 2.05) is 6.92 Å². The van der Waals surface area contributed by atoms with Crippen LogP contribution in [-0.4, -0.2) is 32.3 Å². The first-order chi connectivity index (χ1) is 8.81. The number of fused-ring (bicyclic) bond motifs is 1. The molecule has 1 aliphatic heterocycles. The van der Waals surface area contributed by atoms with Gasteiger partial charge in [-0.05, 0) is 31.9 Å². The minimum atomic E-state index is 0.532. The maximum atomic E-state index is 5.43. The average molecular weight is 248 g/mol. The lowest BCUT2D eigenvalue weighted by molar-refractivity contribution is 0.146. The highest BCUT2D eigenvalue weighted by molar-refractivity contribution is 5.54. The molecule has 0 spiro atoms. The van der Waals surface area contributed by atoms with Crippen molar-refractivity contribution >= 4 is 5.69 Å². The standard InChI is InChI=1S/C15H24N2O/c1-3-18-10-6-9-17-12-13(2)16-11-14-7-4-5-8-15(14)17/h4-5,7-8,13,16H,3,6,9-12H2,1-2H3. The minimum absolute atomic E-state index is 0.532. The van der Waals surface area contributed by atoms with Crippen molar-refractivity contribution in [3.63, 3.8) is 0 Å². The van der Waals surface area contributed by atoms with E-state index in [4.69, 9.17) is 4.74 Å². The summed E-state index contributed by atoms with van der Waals surface area (Å²) in [5, 5.41) is 3.56. The van der Waals surface area contributed by atoms with Crippen LogP contribution in [0.15, 0.2) is 24.3 Å². The first-order valence-corrected chi connectivity index (χ1v) is 6.95. The number of nitrogens with zero attached hydrogens (tertiary/aromatic N) is 1. The number of rotatable bonds is 5. The first kappa shape index (κ1) is 13.4. The Labute approximate surface area is 110 Å². The van der Waals surface area contributed by atoms with Gasteiger partial charge in [0.1, 0.15) is 0 Å². The number of para-hydroxylation sites is 1. The van der Waals surface area contributed by atoms with Gasteiger partial charge in [-0.25, -0.2) is 0 Å². The zero-order valence-corrected chi connectivity index (χ0v) is 11.5. The molecule has 0 saturated heterocycles. The maximum Gasteiger partial charge on any atom is 0.0482 e. The van der Waals surface area contributed by atoms with Gasteiger partial charge < -0.3 is 15.0 Å². The number of hydrogen-bond donors (Lipinski definition) is 1. The van der Waals surface area contributed by atoms with E-state index in [0.29, 0.717) is 6.04 Å². The van der Waals surface area contributed by atoms with Gasteiger partial charge in [-0.1, -0.05) is 18.2 Å². The normalized spacial score (nSPS) is 19.4. The molecule has 0 bridgehead atoms. The van der Waals surface area contributed by atoms with Crippen LogP contribution < -0.4 is 10.2 Å². The smallest absolute Gasteiger partial charge is 0.0482 e. The van der Waals surface area contributed by atoms with E-state index in [-0.39, 0.29) is 0 Å².